The maximum atomic E-state index is 12.0. The quantitative estimate of drug-likeness (QED) is 0.792. The van der Waals surface area contributed by atoms with Gasteiger partial charge in [0.1, 0.15) is 0 Å². The number of rotatable bonds is 5. The molecule has 0 bridgehead atoms. The van der Waals surface area contributed by atoms with E-state index < -0.39 is 6.10 Å². The minimum atomic E-state index is -0.658. The van der Waals surface area contributed by atoms with Crippen molar-refractivity contribution in [2.24, 2.45) is 0 Å². The normalized spacial score (nSPS) is 15.9. The van der Waals surface area contributed by atoms with E-state index in [2.05, 4.69) is 4.98 Å². The van der Waals surface area contributed by atoms with Gasteiger partial charge in [0.2, 0.25) is 0 Å². The fourth-order valence-corrected chi connectivity index (χ4v) is 2.13. The van der Waals surface area contributed by atoms with Gasteiger partial charge in [-0.2, -0.15) is 0 Å². The van der Waals surface area contributed by atoms with Crippen molar-refractivity contribution in [1.82, 2.24) is 9.55 Å². The first kappa shape index (κ1) is 12.3. The summed E-state index contributed by atoms with van der Waals surface area (Å²) in [5, 5.41) is 9.69. The van der Waals surface area contributed by atoms with Crippen LogP contribution >= 0.6 is 0 Å². The van der Waals surface area contributed by atoms with E-state index in [1.165, 1.54) is 10.9 Å². The van der Waals surface area contributed by atoms with Crippen LogP contribution in [0.2, 0.25) is 0 Å². The number of aromatic nitrogens is 2. The molecule has 1 aromatic rings. The fourth-order valence-electron chi connectivity index (χ4n) is 2.13. The SMILES string of the molecule is CCOC[C@@H](O)Cn1cnc2c(c1=O)CCC2. The largest absolute Gasteiger partial charge is 0.389 e. The first-order valence-electron chi connectivity index (χ1n) is 6.05. The van der Waals surface area contributed by atoms with Crippen molar-refractivity contribution in [2.75, 3.05) is 13.2 Å². The molecule has 94 valence electrons. The minimum absolute atomic E-state index is 0.0111. The maximum absolute atomic E-state index is 12.0. The van der Waals surface area contributed by atoms with Crippen molar-refractivity contribution in [3.8, 4) is 0 Å². The molecule has 1 heterocycles. The van der Waals surface area contributed by atoms with Crippen molar-refractivity contribution in [1.29, 1.82) is 0 Å². The highest BCUT2D eigenvalue weighted by atomic mass is 16.5. The van der Waals surface area contributed by atoms with E-state index in [9.17, 15) is 9.90 Å². The second-order valence-electron chi connectivity index (χ2n) is 4.29. The Bertz CT molecular complexity index is 442. The second kappa shape index (κ2) is 5.42. The lowest BCUT2D eigenvalue weighted by Crippen LogP contribution is -2.31. The molecule has 1 aliphatic rings. The number of aryl methyl sites for hydroxylation is 1. The number of nitrogens with zero attached hydrogens (tertiary/aromatic N) is 2. The minimum Gasteiger partial charge on any atom is -0.389 e. The zero-order valence-corrected chi connectivity index (χ0v) is 10.1. The lowest BCUT2D eigenvalue weighted by atomic mass is 10.2. The number of aliphatic hydroxyl groups excluding tert-OH is 1. The van der Waals surface area contributed by atoms with Gasteiger partial charge in [0.05, 0.1) is 31.3 Å². The molecule has 17 heavy (non-hydrogen) atoms. The van der Waals surface area contributed by atoms with E-state index in [1.807, 2.05) is 6.92 Å². The second-order valence-corrected chi connectivity index (χ2v) is 4.29. The lowest BCUT2D eigenvalue weighted by molar-refractivity contribution is 0.0328. The van der Waals surface area contributed by atoms with Gasteiger partial charge in [-0.3, -0.25) is 9.36 Å². The van der Waals surface area contributed by atoms with Crippen LogP contribution in [0.3, 0.4) is 0 Å². The third kappa shape index (κ3) is 2.73. The molecule has 0 aliphatic heterocycles. The van der Waals surface area contributed by atoms with Crippen molar-refractivity contribution in [2.45, 2.75) is 38.8 Å². The Morgan fingerprint density at radius 1 is 1.59 bits per heavy atom. The van der Waals surface area contributed by atoms with Crippen LogP contribution in [0.25, 0.3) is 0 Å². The zero-order valence-electron chi connectivity index (χ0n) is 10.1. The monoisotopic (exact) mass is 238 g/mol. The average Bonchev–Trinajstić information content (AvgIpc) is 2.79. The predicted molar refractivity (Wildman–Crippen MR) is 63.0 cm³/mol. The molecule has 1 aliphatic carbocycles. The summed E-state index contributed by atoms with van der Waals surface area (Å²) < 4.78 is 6.59. The van der Waals surface area contributed by atoms with Gasteiger partial charge in [-0.15, -0.1) is 0 Å². The molecule has 5 nitrogen and oxygen atoms in total. The van der Waals surface area contributed by atoms with Crippen LogP contribution < -0.4 is 5.56 Å². The van der Waals surface area contributed by atoms with Crippen LogP contribution in [-0.2, 0) is 24.1 Å². The standard InChI is InChI=1S/C12H18N2O3/c1-2-17-7-9(15)6-14-8-13-11-5-3-4-10(11)12(14)16/h8-9,15H,2-7H2,1H3/t9-/m0/s1. The smallest absolute Gasteiger partial charge is 0.256 e. The lowest BCUT2D eigenvalue weighted by Gasteiger charge is -2.12. The van der Waals surface area contributed by atoms with Gasteiger partial charge >= 0.3 is 0 Å². The summed E-state index contributed by atoms with van der Waals surface area (Å²) in [6.07, 6.45) is 3.58. The number of aliphatic hydroxyl groups is 1. The number of hydrogen-bond acceptors (Lipinski definition) is 4. The van der Waals surface area contributed by atoms with Crippen LogP contribution in [-0.4, -0.2) is 34.0 Å². The molecular formula is C12H18N2O3. The van der Waals surface area contributed by atoms with Gasteiger partial charge in [-0.25, -0.2) is 4.98 Å². The Hall–Kier alpha value is -1.20. The van der Waals surface area contributed by atoms with E-state index in [0.29, 0.717) is 6.61 Å². The van der Waals surface area contributed by atoms with Crippen molar-refractivity contribution in [3.05, 3.63) is 27.9 Å². The van der Waals surface area contributed by atoms with Crippen molar-refractivity contribution >= 4 is 0 Å². The van der Waals surface area contributed by atoms with Gasteiger partial charge in [0.15, 0.2) is 0 Å². The molecule has 0 aromatic carbocycles. The summed E-state index contributed by atoms with van der Waals surface area (Å²) in [5.41, 5.74) is 1.73. The summed E-state index contributed by atoms with van der Waals surface area (Å²) in [4.78, 5) is 16.3. The van der Waals surface area contributed by atoms with Gasteiger partial charge < -0.3 is 9.84 Å². The molecule has 1 atom stereocenters. The molecule has 0 unspecified atom stereocenters. The Kier molecular flexibility index (Phi) is 3.91. The van der Waals surface area contributed by atoms with E-state index in [0.717, 1.165) is 30.5 Å². The van der Waals surface area contributed by atoms with Gasteiger partial charge in [-0.1, -0.05) is 0 Å². The average molecular weight is 238 g/mol. The molecule has 0 spiro atoms. The third-order valence-electron chi connectivity index (χ3n) is 2.98. The molecule has 0 radical (unpaired) electrons. The van der Waals surface area contributed by atoms with E-state index in [4.69, 9.17) is 4.74 Å². The molecular weight excluding hydrogens is 220 g/mol. The maximum Gasteiger partial charge on any atom is 0.256 e. The highest BCUT2D eigenvalue weighted by Crippen LogP contribution is 2.14. The highest BCUT2D eigenvalue weighted by Gasteiger charge is 2.18. The van der Waals surface area contributed by atoms with Crippen LogP contribution in [0, 0.1) is 0 Å². The van der Waals surface area contributed by atoms with E-state index in [1.54, 1.807) is 0 Å². The summed E-state index contributed by atoms with van der Waals surface area (Å²) in [5.74, 6) is 0. The van der Waals surface area contributed by atoms with Gasteiger partial charge in [-0.05, 0) is 26.2 Å². The molecule has 0 fully saturated rings. The Labute approximate surface area is 100 Å². The first-order chi connectivity index (χ1) is 8.22. The Morgan fingerprint density at radius 3 is 3.18 bits per heavy atom. The van der Waals surface area contributed by atoms with E-state index in [-0.39, 0.29) is 18.7 Å². The zero-order chi connectivity index (χ0) is 12.3. The topological polar surface area (TPSA) is 64.3 Å². The number of hydrogen-bond donors (Lipinski definition) is 1. The summed E-state index contributed by atoms with van der Waals surface area (Å²) in [7, 11) is 0. The summed E-state index contributed by atoms with van der Waals surface area (Å²) in [6.45, 7) is 2.93. The van der Waals surface area contributed by atoms with Crippen LogP contribution in [0.15, 0.2) is 11.1 Å². The Balaban J connectivity index is 2.09. The molecule has 5 heteroatoms. The molecule has 0 amide bonds. The molecule has 0 saturated heterocycles. The van der Waals surface area contributed by atoms with Crippen molar-refractivity contribution < 1.29 is 9.84 Å². The third-order valence-corrected chi connectivity index (χ3v) is 2.98. The van der Waals surface area contributed by atoms with Gasteiger partial charge in [0.25, 0.3) is 5.56 Å². The van der Waals surface area contributed by atoms with Crippen LogP contribution in [0.4, 0.5) is 0 Å². The molecule has 0 saturated carbocycles. The molecule has 2 rings (SSSR count). The Morgan fingerprint density at radius 2 is 2.41 bits per heavy atom. The molecule has 1 N–H and O–H groups in total. The summed E-state index contributed by atoms with van der Waals surface area (Å²) in [6, 6.07) is 0. The summed E-state index contributed by atoms with van der Waals surface area (Å²) >= 11 is 0. The van der Waals surface area contributed by atoms with E-state index >= 15 is 0 Å². The van der Waals surface area contributed by atoms with Gasteiger partial charge in [0, 0.05) is 12.2 Å². The van der Waals surface area contributed by atoms with Crippen LogP contribution in [0.1, 0.15) is 24.6 Å². The number of ether oxygens (including phenoxy) is 1. The first-order valence-corrected chi connectivity index (χ1v) is 6.05. The fraction of sp³-hybridized carbons (Fsp3) is 0.667. The van der Waals surface area contributed by atoms with Crippen molar-refractivity contribution in [3.63, 3.8) is 0 Å². The van der Waals surface area contributed by atoms with Crippen LogP contribution in [0.5, 0.6) is 0 Å². The predicted octanol–water partition coefficient (Wildman–Crippen LogP) is 0.129. The molecule has 1 aromatic heterocycles. The highest BCUT2D eigenvalue weighted by molar-refractivity contribution is 5.21. The number of fused-ring (bicyclic) bond motifs is 1.